The van der Waals surface area contributed by atoms with E-state index in [0.29, 0.717) is 24.8 Å². The fourth-order valence-corrected chi connectivity index (χ4v) is 7.35. The van der Waals surface area contributed by atoms with Crippen LogP contribution in [0.5, 0.6) is 0 Å². The number of fused-ring (bicyclic) bond motifs is 1. The average molecular weight is 362 g/mol. The van der Waals surface area contributed by atoms with Crippen LogP contribution in [0.25, 0.3) is 0 Å². The summed E-state index contributed by atoms with van der Waals surface area (Å²) in [6.45, 7) is 8.29. The Balaban J connectivity index is 1.75. The molecule has 142 valence electrons. The molecule has 2 heterocycles. The minimum atomic E-state index is -1.37. The third-order valence-corrected chi connectivity index (χ3v) is 8.25. The zero-order valence-corrected chi connectivity index (χ0v) is 15.2. The number of aliphatic hydroxyl groups excluding tert-OH is 2. The molecule has 0 amide bonds. The Bertz CT molecular complexity index is 728. The highest BCUT2D eigenvalue weighted by molar-refractivity contribution is 6.15. The normalized spacial score (nSPS) is 54.4. The van der Waals surface area contributed by atoms with Crippen LogP contribution in [0.2, 0.25) is 0 Å². The van der Waals surface area contributed by atoms with Gasteiger partial charge in [-0.15, -0.1) is 0 Å². The van der Waals surface area contributed by atoms with E-state index in [0.717, 1.165) is 6.42 Å². The van der Waals surface area contributed by atoms with Crippen molar-refractivity contribution >= 4 is 11.8 Å². The quantitative estimate of drug-likeness (QED) is 0.382. The number of hydrogen-bond acceptors (Lipinski definition) is 6. The molecular formula is C20H26O6. The maximum Gasteiger partial charge on any atom is 0.320 e. The SMILES string of the molecule is C=C1C(=O)[C@]23CC1CC(O)[C@H]2[C@@]12COC(O)[C@H]1C(C)(C)CCC2OC3=O. The van der Waals surface area contributed by atoms with Gasteiger partial charge in [0.15, 0.2) is 12.1 Å². The number of allylic oxidation sites excluding steroid dienone is 1. The van der Waals surface area contributed by atoms with Gasteiger partial charge in [-0.1, -0.05) is 20.4 Å². The minimum Gasteiger partial charge on any atom is -0.461 e. The zero-order valence-electron chi connectivity index (χ0n) is 15.2. The van der Waals surface area contributed by atoms with E-state index in [1.54, 1.807) is 0 Å². The van der Waals surface area contributed by atoms with E-state index in [9.17, 15) is 19.8 Å². The van der Waals surface area contributed by atoms with Crippen LogP contribution in [0.4, 0.5) is 0 Å². The van der Waals surface area contributed by atoms with Crippen molar-refractivity contribution in [2.45, 2.75) is 58.0 Å². The third kappa shape index (κ3) is 1.61. The zero-order chi connectivity index (χ0) is 18.6. The van der Waals surface area contributed by atoms with E-state index in [4.69, 9.17) is 9.47 Å². The van der Waals surface area contributed by atoms with Crippen LogP contribution < -0.4 is 0 Å². The van der Waals surface area contributed by atoms with Crippen LogP contribution in [-0.4, -0.2) is 47.1 Å². The van der Waals surface area contributed by atoms with Crippen molar-refractivity contribution < 1.29 is 29.3 Å². The summed E-state index contributed by atoms with van der Waals surface area (Å²) in [7, 11) is 0. The molecule has 6 heteroatoms. The molecule has 5 rings (SSSR count). The van der Waals surface area contributed by atoms with Gasteiger partial charge in [-0.05, 0) is 42.6 Å². The summed E-state index contributed by atoms with van der Waals surface area (Å²) in [6.07, 6.45) is 0.0166. The van der Waals surface area contributed by atoms with Crippen molar-refractivity contribution in [3.63, 3.8) is 0 Å². The van der Waals surface area contributed by atoms with Crippen LogP contribution in [0, 0.1) is 34.0 Å². The number of carbonyl (C=O) groups excluding carboxylic acids is 2. The molecule has 5 aliphatic rings. The van der Waals surface area contributed by atoms with Crippen LogP contribution in [0.1, 0.15) is 39.5 Å². The van der Waals surface area contributed by atoms with Gasteiger partial charge < -0.3 is 19.7 Å². The lowest BCUT2D eigenvalue weighted by Gasteiger charge is -2.62. The smallest absolute Gasteiger partial charge is 0.320 e. The molecule has 26 heavy (non-hydrogen) atoms. The number of aliphatic hydroxyl groups is 2. The summed E-state index contributed by atoms with van der Waals surface area (Å²) in [5.74, 6) is -1.84. The molecule has 2 aliphatic heterocycles. The number of Topliss-reactive ketones (excluding diaryl/α,β-unsaturated/α-hetero) is 1. The molecule has 0 radical (unpaired) electrons. The number of ketones is 1. The van der Waals surface area contributed by atoms with Crippen LogP contribution >= 0.6 is 0 Å². The number of hydrogen-bond donors (Lipinski definition) is 2. The first-order valence-electron chi connectivity index (χ1n) is 9.58. The lowest BCUT2D eigenvalue weighted by atomic mass is 9.43. The molecule has 8 atom stereocenters. The van der Waals surface area contributed by atoms with Gasteiger partial charge in [0.1, 0.15) is 11.5 Å². The predicted molar refractivity (Wildman–Crippen MR) is 89.6 cm³/mol. The van der Waals surface area contributed by atoms with E-state index in [2.05, 4.69) is 20.4 Å². The average Bonchev–Trinajstić information content (AvgIpc) is 3.01. The van der Waals surface area contributed by atoms with Crippen molar-refractivity contribution in [1.82, 2.24) is 0 Å². The second-order valence-electron chi connectivity index (χ2n) is 9.72. The number of ether oxygens (including phenoxy) is 2. The molecule has 2 N–H and O–H groups in total. The molecule has 3 aliphatic carbocycles. The van der Waals surface area contributed by atoms with E-state index in [1.165, 1.54) is 0 Å². The lowest BCUT2D eigenvalue weighted by Crippen LogP contribution is -2.70. The Morgan fingerprint density at radius 3 is 2.65 bits per heavy atom. The number of carbonyl (C=O) groups is 2. The van der Waals surface area contributed by atoms with Gasteiger partial charge in [0, 0.05) is 17.3 Å². The van der Waals surface area contributed by atoms with E-state index in [-0.39, 0.29) is 29.6 Å². The van der Waals surface area contributed by atoms with Crippen molar-refractivity contribution in [1.29, 1.82) is 0 Å². The van der Waals surface area contributed by atoms with Gasteiger partial charge in [0.25, 0.3) is 0 Å². The molecule has 2 bridgehead atoms. The van der Waals surface area contributed by atoms with Gasteiger partial charge in [-0.2, -0.15) is 0 Å². The lowest BCUT2D eigenvalue weighted by molar-refractivity contribution is -0.251. The molecule has 2 spiro atoms. The van der Waals surface area contributed by atoms with Gasteiger partial charge in [0.2, 0.25) is 0 Å². The highest BCUT2D eigenvalue weighted by Gasteiger charge is 2.79. The largest absolute Gasteiger partial charge is 0.461 e. The van der Waals surface area contributed by atoms with Gasteiger partial charge >= 0.3 is 5.97 Å². The Morgan fingerprint density at radius 1 is 1.19 bits per heavy atom. The summed E-state index contributed by atoms with van der Waals surface area (Å²) in [6, 6.07) is 0. The Kier molecular flexibility index (Phi) is 3.10. The van der Waals surface area contributed by atoms with Gasteiger partial charge in [0.05, 0.1) is 12.7 Å². The topological polar surface area (TPSA) is 93.1 Å². The Labute approximate surface area is 152 Å². The third-order valence-electron chi connectivity index (χ3n) is 8.25. The fourth-order valence-electron chi connectivity index (χ4n) is 7.35. The maximum absolute atomic E-state index is 13.2. The second kappa shape index (κ2) is 4.78. The highest BCUT2D eigenvalue weighted by Crippen LogP contribution is 2.71. The van der Waals surface area contributed by atoms with Crippen molar-refractivity contribution in [3.05, 3.63) is 12.2 Å². The summed E-state index contributed by atoms with van der Waals surface area (Å²) in [5.41, 5.74) is -1.91. The molecular weight excluding hydrogens is 336 g/mol. The molecule has 0 aromatic heterocycles. The predicted octanol–water partition coefficient (Wildman–Crippen LogP) is 1.20. The molecule has 6 nitrogen and oxygen atoms in total. The summed E-state index contributed by atoms with van der Waals surface area (Å²) >= 11 is 0. The first kappa shape index (κ1) is 16.9. The van der Waals surface area contributed by atoms with E-state index in [1.807, 2.05) is 0 Å². The van der Waals surface area contributed by atoms with E-state index < -0.39 is 41.2 Å². The summed E-state index contributed by atoms with van der Waals surface area (Å²) in [4.78, 5) is 26.3. The van der Waals surface area contributed by atoms with Crippen LogP contribution in [0.15, 0.2) is 12.2 Å². The van der Waals surface area contributed by atoms with E-state index >= 15 is 0 Å². The number of esters is 1. The first-order chi connectivity index (χ1) is 12.2. The second-order valence-corrected chi connectivity index (χ2v) is 9.72. The van der Waals surface area contributed by atoms with Crippen molar-refractivity contribution in [2.24, 2.45) is 34.0 Å². The van der Waals surface area contributed by atoms with Gasteiger partial charge in [-0.25, -0.2) is 0 Å². The molecule has 5 fully saturated rings. The minimum absolute atomic E-state index is 0.170. The molecule has 0 aromatic carbocycles. The maximum atomic E-state index is 13.2. The first-order valence-corrected chi connectivity index (χ1v) is 9.58. The Morgan fingerprint density at radius 2 is 1.92 bits per heavy atom. The molecule has 2 saturated heterocycles. The highest BCUT2D eigenvalue weighted by atomic mass is 16.6. The summed E-state index contributed by atoms with van der Waals surface area (Å²) < 4.78 is 11.6. The fraction of sp³-hybridized carbons (Fsp3) is 0.800. The number of rotatable bonds is 0. The molecule has 0 aromatic rings. The summed E-state index contributed by atoms with van der Waals surface area (Å²) in [5, 5.41) is 21.8. The molecule has 3 saturated carbocycles. The van der Waals surface area contributed by atoms with Crippen molar-refractivity contribution in [3.8, 4) is 0 Å². The van der Waals surface area contributed by atoms with Crippen LogP contribution in [-0.2, 0) is 19.1 Å². The molecule has 4 unspecified atom stereocenters. The Hall–Kier alpha value is -1.24. The van der Waals surface area contributed by atoms with Crippen molar-refractivity contribution in [2.75, 3.05) is 6.61 Å². The van der Waals surface area contributed by atoms with Gasteiger partial charge in [-0.3, -0.25) is 9.59 Å². The standard InChI is InChI=1S/C20H26O6/c1-9-10-6-11(21)13-19(7-10,15(9)22)17(24)26-12-4-5-18(2,3)14-16(23)25-8-20(12,13)14/h10-14,16,21,23H,1,4-8H2,2-3H3/t10?,11?,12?,13-,14+,16?,19+,20+/m1/s1. The van der Waals surface area contributed by atoms with Crippen LogP contribution in [0.3, 0.4) is 0 Å². The monoisotopic (exact) mass is 362 g/mol.